The highest BCUT2D eigenvalue weighted by molar-refractivity contribution is 7.16. The van der Waals surface area contributed by atoms with E-state index in [2.05, 4.69) is 0 Å². The summed E-state index contributed by atoms with van der Waals surface area (Å²) in [4.78, 5) is 1.45. The van der Waals surface area contributed by atoms with Crippen LogP contribution in [0.4, 0.5) is 5.00 Å². The first kappa shape index (κ1) is 8.88. The molecule has 0 fully saturated rings. The van der Waals surface area contributed by atoms with Crippen LogP contribution < -0.4 is 10.5 Å². The zero-order valence-corrected chi connectivity index (χ0v) is 8.75. The van der Waals surface area contributed by atoms with E-state index in [1.165, 1.54) is 29.7 Å². The molecule has 2 N–H and O–H groups in total. The van der Waals surface area contributed by atoms with Gasteiger partial charge >= 0.3 is 0 Å². The van der Waals surface area contributed by atoms with Crippen LogP contribution in [0.3, 0.4) is 0 Å². The first-order chi connectivity index (χ1) is 6.33. The number of nitrogens with two attached hydrogens (primary N) is 1. The quantitative estimate of drug-likeness (QED) is 0.791. The number of ether oxygens (including phenoxy) is 1. The van der Waals surface area contributed by atoms with Gasteiger partial charge in [-0.05, 0) is 32.6 Å². The van der Waals surface area contributed by atoms with E-state index < -0.39 is 0 Å². The maximum Gasteiger partial charge on any atom is 0.156 e. The fourth-order valence-electron chi connectivity index (χ4n) is 1.86. The molecular formula is C10H15NOS. The first-order valence-corrected chi connectivity index (χ1v) is 5.67. The Kier molecular flexibility index (Phi) is 2.44. The molecule has 0 unspecified atom stereocenters. The molecule has 0 radical (unpaired) electrons. The molecule has 13 heavy (non-hydrogen) atoms. The van der Waals surface area contributed by atoms with E-state index in [0.29, 0.717) is 6.61 Å². The third-order valence-electron chi connectivity index (χ3n) is 2.44. The van der Waals surface area contributed by atoms with E-state index in [1.807, 2.05) is 6.92 Å². The van der Waals surface area contributed by atoms with Gasteiger partial charge in [-0.25, -0.2) is 0 Å². The molecule has 1 heterocycles. The maximum absolute atomic E-state index is 5.90. The molecule has 0 amide bonds. The highest BCUT2D eigenvalue weighted by Crippen LogP contribution is 2.41. The molecular weight excluding hydrogens is 182 g/mol. The number of rotatable bonds is 2. The van der Waals surface area contributed by atoms with Crippen LogP contribution in [0.25, 0.3) is 0 Å². The molecule has 2 rings (SSSR count). The molecule has 0 aliphatic heterocycles. The minimum atomic E-state index is 0.716. The molecule has 1 aliphatic carbocycles. The molecule has 0 bridgehead atoms. The Labute approximate surface area is 82.7 Å². The van der Waals surface area contributed by atoms with Crippen LogP contribution in [0, 0.1) is 0 Å². The number of aryl methyl sites for hydroxylation is 1. The topological polar surface area (TPSA) is 35.2 Å². The Morgan fingerprint density at radius 1 is 1.38 bits per heavy atom. The monoisotopic (exact) mass is 197 g/mol. The van der Waals surface area contributed by atoms with Crippen molar-refractivity contribution in [2.24, 2.45) is 0 Å². The van der Waals surface area contributed by atoms with Crippen LogP contribution in [-0.4, -0.2) is 6.61 Å². The third kappa shape index (κ3) is 1.53. The van der Waals surface area contributed by atoms with Crippen molar-refractivity contribution < 1.29 is 4.74 Å². The highest BCUT2D eigenvalue weighted by atomic mass is 32.1. The maximum atomic E-state index is 5.90. The highest BCUT2D eigenvalue weighted by Gasteiger charge is 2.19. The Bertz CT molecular complexity index is 306. The standard InChI is InChI=1S/C10H15NOS/c1-2-12-9-7-5-3-4-6-8(7)13-10(9)11/h2-6,11H2,1H3. The van der Waals surface area contributed by atoms with Crippen LogP contribution in [0.1, 0.15) is 30.2 Å². The Morgan fingerprint density at radius 2 is 2.15 bits per heavy atom. The van der Waals surface area contributed by atoms with Crippen molar-refractivity contribution >= 4 is 16.3 Å². The van der Waals surface area contributed by atoms with Crippen LogP contribution >= 0.6 is 11.3 Å². The molecule has 0 spiro atoms. The normalized spacial score (nSPS) is 15.5. The van der Waals surface area contributed by atoms with Gasteiger partial charge < -0.3 is 10.5 Å². The molecule has 0 aromatic carbocycles. The van der Waals surface area contributed by atoms with E-state index in [1.54, 1.807) is 11.3 Å². The van der Waals surface area contributed by atoms with E-state index in [0.717, 1.165) is 17.2 Å². The van der Waals surface area contributed by atoms with Crippen LogP contribution in [0.5, 0.6) is 5.75 Å². The molecule has 72 valence electrons. The smallest absolute Gasteiger partial charge is 0.156 e. The van der Waals surface area contributed by atoms with Gasteiger partial charge in [0, 0.05) is 10.4 Å². The molecule has 1 aromatic rings. The largest absolute Gasteiger partial charge is 0.490 e. The van der Waals surface area contributed by atoms with Gasteiger partial charge in [-0.2, -0.15) is 0 Å². The number of fused-ring (bicyclic) bond motifs is 1. The average molecular weight is 197 g/mol. The summed E-state index contributed by atoms with van der Waals surface area (Å²) in [5, 5.41) is 0.869. The van der Waals surface area contributed by atoms with Gasteiger partial charge in [0.2, 0.25) is 0 Å². The van der Waals surface area contributed by atoms with Crippen LogP contribution in [0.15, 0.2) is 0 Å². The van der Waals surface area contributed by atoms with Crippen molar-refractivity contribution in [3.63, 3.8) is 0 Å². The summed E-state index contributed by atoms with van der Waals surface area (Å²) in [7, 11) is 0. The van der Waals surface area contributed by atoms with Crippen molar-refractivity contribution in [3.05, 3.63) is 10.4 Å². The van der Waals surface area contributed by atoms with Gasteiger partial charge in [0.1, 0.15) is 5.00 Å². The molecule has 0 saturated carbocycles. The Hall–Kier alpha value is -0.700. The summed E-state index contributed by atoms with van der Waals surface area (Å²) < 4.78 is 5.56. The summed E-state index contributed by atoms with van der Waals surface area (Å²) in [5.41, 5.74) is 7.29. The van der Waals surface area contributed by atoms with E-state index in [-0.39, 0.29) is 0 Å². The lowest BCUT2D eigenvalue weighted by Gasteiger charge is -2.12. The lowest BCUT2D eigenvalue weighted by Crippen LogP contribution is -2.02. The number of anilines is 1. The minimum Gasteiger partial charge on any atom is -0.490 e. The number of hydrogen-bond acceptors (Lipinski definition) is 3. The van der Waals surface area contributed by atoms with Crippen molar-refractivity contribution in [2.45, 2.75) is 32.6 Å². The third-order valence-corrected chi connectivity index (χ3v) is 3.54. The van der Waals surface area contributed by atoms with Crippen molar-refractivity contribution in [1.29, 1.82) is 0 Å². The van der Waals surface area contributed by atoms with E-state index >= 15 is 0 Å². The van der Waals surface area contributed by atoms with Gasteiger partial charge in [0.15, 0.2) is 5.75 Å². The predicted molar refractivity (Wildman–Crippen MR) is 56.5 cm³/mol. The molecule has 1 aliphatic rings. The van der Waals surface area contributed by atoms with Gasteiger partial charge in [0.05, 0.1) is 6.61 Å². The minimum absolute atomic E-state index is 0.716. The molecule has 2 nitrogen and oxygen atoms in total. The predicted octanol–water partition coefficient (Wildman–Crippen LogP) is 2.61. The Morgan fingerprint density at radius 3 is 2.92 bits per heavy atom. The SMILES string of the molecule is CCOc1c(N)sc2c1CCCC2. The molecule has 0 saturated heterocycles. The van der Waals surface area contributed by atoms with Gasteiger partial charge in [-0.3, -0.25) is 0 Å². The zero-order valence-electron chi connectivity index (χ0n) is 7.93. The van der Waals surface area contributed by atoms with Crippen molar-refractivity contribution in [3.8, 4) is 5.75 Å². The van der Waals surface area contributed by atoms with E-state index in [9.17, 15) is 0 Å². The number of hydrogen-bond donors (Lipinski definition) is 1. The van der Waals surface area contributed by atoms with Gasteiger partial charge in [-0.15, -0.1) is 11.3 Å². The first-order valence-electron chi connectivity index (χ1n) is 4.85. The van der Waals surface area contributed by atoms with Crippen LogP contribution in [-0.2, 0) is 12.8 Å². The summed E-state index contributed by atoms with van der Waals surface area (Å²) >= 11 is 1.71. The summed E-state index contributed by atoms with van der Waals surface area (Å²) in [6.45, 7) is 2.72. The van der Waals surface area contributed by atoms with Gasteiger partial charge in [-0.1, -0.05) is 0 Å². The van der Waals surface area contributed by atoms with Gasteiger partial charge in [0.25, 0.3) is 0 Å². The average Bonchev–Trinajstić information content (AvgIpc) is 2.44. The second-order valence-electron chi connectivity index (χ2n) is 3.34. The zero-order chi connectivity index (χ0) is 9.26. The Balaban J connectivity index is 2.36. The second kappa shape index (κ2) is 3.58. The summed E-state index contributed by atoms with van der Waals surface area (Å²) in [6.07, 6.45) is 4.93. The number of nitrogen functional groups attached to an aromatic ring is 1. The van der Waals surface area contributed by atoms with Crippen molar-refractivity contribution in [2.75, 3.05) is 12.3 Å². The lowest BCUT2D eigenvalue weighted by atomic mass is 9.99. The molecule has 3 heteroatoms. The second-order valence-corrected chi connectivity index (χ2v) is 4.47. The van der Waals surface area contributed by atoms with Crippen molar-refractivity contribution in [1.82, 2.24) is 0 Å². The lowest BCUT2D eigenvalue weighted by molar-refractivity contribution is 0.338. The fourth-order valence-corrected chi connectivity index (χ4v) is 2.97. The molecule has 1 aromatic heterocycles. The fraction of sp³-hybridized carbons (Fsp3) is 0.600. The summed E-state index contributed by atoms with van der Waals surface area (Å²) in [6, 6.07) is 0. The van der Waals surface area contributed by atoms with E-state index in [4.69, 9.17) is 10.5 Å². The van der Waals surface area contributed by atoms with Crippen LogP contribution in [0.2, 0.25) is 0 Å². The summed E-state index contributed by atoms with van der Waals surface area (Å²) in [5.74, 6) is 0.974. The molecule has 0 atom stereocenters. The number of thiophene rings is 1.